The lowest BCUT2D eigenvalue weighted by Crippen LogP contribution is -2.44. The van der Waals surface area contributed by atoms with E-state index in [9.17, 15) is 14.4 Å². The van der Waals surface area contributed by atoms with Crippen molar-refractivity contribution >= 4 is 17.9 Å². The van der Waals surface area contributed by atoms with Gasteiger partial charge in [0.2, 0.25) is 0 Å². The minimum Gasteiger partial charge on any atom is -0.494 e. The van der Waals surface area contributed by atoms with Gasteiger partial charge in [-0.05, 0) is 45.0 Å². The van der Waals surface area contributed by atoms with Gasteiger partial charge in [0.05, 0.1) is 19.6 Å². The Labute approximate surface area is 146 Å². The van der Waals surface area contributed by atoms with Gasteiger partial charge in [-0.2, -0.15) is 0 Å². The first-order chi connectivity index (χ1) is 11.9. The molecule has 0 heterocycles. The highest BCUT2D eigenvalue weighted by Gasteiger charge is 2.11. The van der Waals surface area contributed by atoms with Gasteiger partial charge in [0.25, 0.3) is 5.91 Å². The smallest absolute Gasteiger partial charge is 0.321 e. The van der Waals surface area contributed by atoms with Gasteiger partial charge in [-0.25, -0.2) is 4.79 Å². The van der Waals surface area contributed by atoms with Crippen molar-refractivity contribution in [2.75, 3.05) is 19.8 Å². The van der Waals surface area contributed by atoms with Crippen LogP contribution in [-0.2, 0) is 14.3 Å². The lowest BCUT2D eigenvalue weighted by molar-refractivity contribution is -0.148. The molecule has 1 aromatic rings. The van der Waals surface area contributed by atoms with Crippen molar-refractivity contribution in [1.29, 1.82) is 0 Å². The molecule has 138 valence electrons. The van der Waals surface area contributed by atoms with E-state index in [1.165, 1.54) is 0 Å². The summed E-state index contributed by atoms with van der Waals surface area (Å²) in [6.45, 7) is 5.59. The van der Waals surface area contributed by atoms with E-state index in [0.717, 1.165) is 5.75 Å². The molecule has 2 N–H and O–H groups in total. The Morgan fingerprint density at radius 1 is 1.04 bits per heavy atom. The minimum absolute atomic E-state index is 0.0152. The van der Waals surface area contributed by atoms with Gasteiger partial charge in [-0.1, -0.05) is 0 Å². The molecule has 0 bridgehead atoms. The summed E-state index contributed by atoms with van der Waals surface area (Å²) >= 11 is 0. The molecule has 0 saturated carbocycles. The van der Waals surface area contributed by atoms with Crippen molar-refractivity contribution in [3.8, 4) is 11.5 Å². The topological polar surface area (TPSA) is 103 Å². The molecule has 8 heteroatoms. The predicted octanol–water partition coefficient (Wildman–Crippen LogP) is 1.63. The Hall–Kier alpha value is -2.77. The molecule has 1 rings (SSSR count). The summed E-state index contributed by atoms with van der Waals surface area (Å²) in [6, 6.07) is 6.27. The van der Waals surface area contributed by atoms with Crippen LogP contribution in [0.4, 0.5) is 4.79 Å². The number of amides is 3. The van der Waals surface area contributed by atoms with Crippen LogP contribution in [0.3, 0.4) is 0 Å². The molecule has 0 aliphatic heterocycles. The molecule has 0 aliphatic carbocycles. The number of urea groups is 1. The SMILES string of the molecule is CCOc1ccc(OCCC(=O)OCC(=O)NC(=O)NC(C)C)cc1. The largest absolute Gasteiger partial charge is 0.494 e. The first-order valence-electron chi connectivity index (χ1n) is 8.02. The highest BCUT2D eigenvalue weighted by atomic mass is 16.5. The van der Waals surface area contributed by atoms with E-state index >= 15 is 0 Å². The number of ether oxygens (including phenoxy) is 3. The van der Waals surface area contributed by atoms with Gasteiger partial charge >= 0.3 is 12.0 Å². The fourth-order valence-electron chi connectivity index (χ4n) is 1.73. The molecular formula is C17H24N2O6. The van der Waals surface area contributed by atoms with Gasteiger partial charge < -0.3 is 19.5 Å². The van der Waals surface area contributed by atoms with Gasteiger partial charge in [0.1, 0.15) is 11.5 Å². The number of carbonyl (C=O) groups excluding carboxylic acids is 3. The number of imide groups is 1. The second-order valence-electron chi connectivity index (χ2n) is 5.34. The van der Waals surface area contributed by atoms with E-state index in [1.54, 1.807) is 38.1 Å². The van der Waals surface area contributed by atoms with Crippen LogP contribution in [0.15, 0.2) is 24.3 Å². The zero-order chi connectivity index (χ0) is 18.7. The molecule has 0 saturated heterocycles. The molecule has 1 aromatic carbocycles. The van der Waals surface area contributed by atoms with Crippen LogP contribution in [0.25, 0.3) is 0 Å². The molecule has 0 fully saturated rings. The zero-order valence-corrected chi connectivity index (χ0v) is 14.7. The van der Waals surface area contributed by atoms with Crippen molar-refractivity contribution in [3.63, 3.8) is 0 Å². The number of rotatable bonds is 9. The van der Waals surface area contributed by atoms with Crippen molar-refractivity contribution in [1.82, 2.24) is 10.6 Å². The summed E-state index contributed by atoms with van der Waals surface area (Å²) in [5.74, 6) is 0.0467. The van der Waals surface area contributed by atoms with E-state index < -0.39 is 24.5 Å². The summed E-state index contributed by atoms with van der Waals surface area (Å²) in [5, 5.41) is 4.54. The first kappa shape index (κ1) is 20.3. The van der Waals surface area contributed by atoms with Crippen molar-refractivity contribution < 1.29 is 28.6 Å². The Balaban J connectivity index is 2.20. The maximum absolute atomic E-state index is 11.5. The average Bonchev–Trinajstić information content (AvgIpc) is 2.54. The Morgan fingerprint density at radius 2 is 1.64 bits per heavy atom. The molecule has 0 aliphatic rings. The number of nitrogens with one attached hydrogen (secondary N) is 2. The van der Waals surface area contributed by atoms with Crippen LogP contribution in [0.5, 0.6) is 11.5 Å². The van der Waals surface area contributed by atoms with Crippen LogP contribution < -0.4 is 20.1 Å². The van der Waals surface area contributed by atoms with Gasteiger partial charge in [-0.15, -0.1) is 0 Å². The molecule has 0 radical (unpaired) electrons. The molecular weight excluding hydrogens is 328 g/mol. The molecule has 0 spiro atoms. The zero-order valence-electron chi connectivity index (χ0n) is 14.7. The lowest BCUT2D eigenvalue weighted by atomic mass is 10.3. The molecule has 8 nitrogen and oxygen atoms in total. The highest BCUT2D eigenvalue weighted by Crippen LogP contribution is 2.17. The second kappa shape index (κ2) is 10.9. The van der Waals surface area contributed by atoms with E-state index in [4.69, 9.17) is 14.2 Å². The average molecular weight is 352 g/mol. The Morgan fingerprint density at radius 3 is 2.20 bits per heavy atom. The molecule has 3 amide bonds. The summed E-state index contributed by atoms with van der Waals surface area (Å²) in [4.78, 5) is 34.3. The third-order valence-electron chi connectivity index (χ3n) is 2.75. The number of esters is 1. The van der Waals surface area contributed by atoms with Gasteiger partial charge in [0.15, 0.2) is 6.61 Å². The second-order valence-corrected chi connectivity index (χ2v) is 5.34. The van der Waals surface area contributed by atoms with Crippen LogP contribution in [0.2, 0.25) is 0 Å². The summed E-state index contributed by atoms with van der Waals surface area (Å²) < 4.78 is 15.5. The molecule has 0 atom stereocenters. The van der Waals surface area contributed by atoms with Crippen LogP contribution in [0.1, 0.15) is 27.2 Å². The van der Waals surface area contributed by atoms with Crippen LogP contribution in [-0.4, -0.2) is 43.8 Å². The highest BCUT2D eigenvalue weighted by molar-refractivity contribution is 5.95. The van der Waals surface area contributed by atoms with Crippen molar-refractivity contribution in [2.45, 2.75) is 33.2 Å². The summed E-state index contributed by atoms with van der Waals surface area (Å²) in [5.41, 5.74) is 0. The normalized spacial score (nSPS) is 10.1. The fraction of sp³-hybridized carbons (Fsp3) is 0.471. The van der Waals surface area contributed by atoms with E-state index in [2.05, 4.69) is 10.6 Å². The van der Waals surface area contributed by atoms with Crippen LogP contribution in [0, 0.1) is 0 Å². The van der Waals surface area contributed by atoms with Crippen LogP contribution >= 0.6 is 0 Å². The minimum atomic E-state index is -0.695. The summed E-state index contributed by atoms with van der Waals surface area (Å²) in [7, 11) is 0. The van der Waals surface area contributed by atoms with Gasteiger partial charge in [-0.3, -0.25) is 14.9 Å². The summed E-state index contributed by atoms with van der Waals surface area (Å²) in [6.07, 6.45) is -0.0152. The maximum Gasteiger partial charge on any atom is 0.321 e. The lowest BCUT2D eigenvalue weighted by Gasteiger charge is -2.10. The molecule has 0 unspecified atom stereocenters. The van der Waals surface area contributed by atoms with Crippen molar-refractivity contribution in [2.24, 2.45) is 0 Å². The van der Waals surface area contributed by atoms with E-state index in [-0.39, 0.29) is 19.1 Å². The van der Waals surface area contributed by atoms with Crippen molar-refractivity contribution in [3.05, 3.63) is 24.3 Å². The Bertz CT molecular complexity index is 571. The quantitative estimate of drug-likeness (QED) is 0.655. The van der Waals surface area contributed by atoms with E-state index in [1.807, 2.05) is 6.92 Å². The Kier molecular flexibility index (Phi) is 8.84. The third-order valence-corrected chi connectivity index (χ3v) is 2.75. The number of hydrogen-bond acceptors (Lipinski definition) is 6. The molecule has 25 heavy (non-hydrogen) atoms. The molecule has 0 aromatic heterocycles. The van der Waals surface area contributed by atoms with E-state index in [0.29, 0.717) is 12.4 Å². The monoisotopic (exact) mass is 352 g/mol. The fourth-order valence-corrected chi connectivity index (χ4v) is 1.73. The third kappa shape index (κ3) is 9.19. The number of benzene rings is 1. The predicted molar refractivity (Wildman–Crippen MR) is 90.5 cm³/mol. The maximum atomic E-state index is 11.5. The standard InChI is InChI=1S/C17H24N2O6/c1-4-23-13-5-7-14(8-6-13)24-10-9-16(21)25-11-15(20)19-17(22)18-12(2)3/h5-8,12H,4,9-11H2,1-3H3,(H2,18,19,20,22). The van der Waals surface area contributed by atoms with Gasteiger partial charge in [0, 0.05) is 6.04 Å². The number of carbonyl (C=O) groups is 3. The first-order valence-corrected chi connectivity index (χ1v) is 8.02. The number of hydrogen-bond donors (Lipinski definition) is 2.